The number of rotatable bonds is 5. The van der Waals surface area contributed by atoms with Crippen molar-refractivity contribution in [1.82, 2.24) is 0 Å². The Morgan fingerprint density at radius 2 is 2.05 bits per heavy atom. The Bertz CT molecular complexity index is 475. The monoisotopic (exact) mass is 280 g/mol. The Morgan fingerprint density at radius 3 is 2.65 bits per heavy atom. The SMILES string of the molecule is CC(Nc1cccc(NN)c1[N+](=O)[O-])C1CCOCC1. The lowest BCUT2D eigenvalue weighted by Crippen LogP contribution is -2.31. The average Bonchev–Trinajstić information content (AvgIpc) is 2.47. The number of hydrogen-bond donors (Lipinski definition) is 3. The minimum atomic E-state index is -0.422. The Labute approximate surface area is 117 Å². The smallest absolute Gasteiger partial charge is 0.316 e. The molecule has 1 aromatic rings. The van der Waals surface area contributed by atoms with E-state index in [2.05, 4.69) is 10.7 Å². The second-order valence-corrected chi connectivity index (χ2v) is 4.99. The van der Waals surface area contributed by atoms with E-state index >= 15 is 0 Å². The van der Waals surface area contributed by atoms with Crippen LogP contribution < -0.4 is 16.6 Å². The molecule has 7 heteroatoms. The zero-order valence-electron chi connectivity index (χ0n) is 11.5. The molecule has 0 amide bonds. The van der Waals surface area contributed by atoms with Gasteiger partial charge in [0.2, 0.25) is 0 Å². The Kier molecular flexibility index (Phi) is 4.75. The molecule has 1 unspecified atom stereocenters. The van der Waals surface area contributed by atoms with E-state index in [-0.39, 0.29) is 11.7 Å². The van der Waals surface area contributed by atoms with Crippen molar-refractivity contribution in [2.75, 3.05) is 24.0 Å². The van der Waals surface area contributed by atoms with Crippen molar-refractivity contribution in [2.45, 2.75) is 25.8 Å². The quantitative estimate of drug-likeness (QED) is 0.433. The maximum atomic E-state index is 11.2. The zero-order valence-corrected chi connectivity index (χ0v) is 11.5. The highest BCUT2D eigenvalue weighted by Gasteiger charge is 2.24. The normalized spacial score (nSPS) is 17.5. The van der Waals surface area contributed by atoms with Gasteiger partial charge in [0.1, 0.15) is 11.4 Å². The molecule has 1 fully saturated rings. The fraction of sp³-hybridized carbons (Fsp3) is 0.538. The fourth-order valence-corrected chi connectivity index (χ4v) is 2.55. The molecule has 2 rings (SSSR count). The molecular formula is C13H20N4O3. The van der Waals surface area contributed by atoms with Crippen molar-refractivity contribution in [2.24, 2.45) is 11.8 Å². The van der Waals surface area contributed by atoms with E-state index in [1.54, 1.807) is 18.2 Å². The first kappa shape index (κ1) is 14.5. The average molecular weight is 280 g/mol. The topological polar surface area (TPSA) is 102 Å². The second kappa shape index (κ2) is 6.53. The summed E-state index contributed by atoms with van der Waals surface area (Å²) in [5, 5.41) is 14.5. The van der Waals surface area contributed by atoms with Crippen LogP contribution in [0.3, 0.4) is 0 Å². The molecule has 0 saturated carbocycles. The number of nitro benzene ring substituents is 1. The first-order valence-corrected chi connectivity index (χ1v) is 6.71. The largest absolute Gasteiger partial charge is 0.381 e. The van der Waals surface area contributed by atoms with E-state index in [0.29, 0.717) is 17.3 Å². The number of nitrogens with one attached hydrogen (secondary N) is 2. The predicted molar refractivity (Wildman–Crippen MR) is 77.5 cm³/mol. The number of para-hydroxylation sites is 1. The third-order valence-electron chi connectivity index (χ3n) is 3.73. The van der Waals surface area contributed by atoms with Gasteiger partial charge in [-0.1, -0.05) is 6.07 Å². The number of ether oxygens (including phenoxy) is 1. The molecular weight excluding hydrogens is 260 g/mol. The van der Waals surface area contributed by atoms with Crippen molar-refractivity contribution in [1.29, 1.82) is 0 Å². The molecule has 0 bridgehead atoms. The Morgan fingerprint density at radius 1 is 1.40 bits per heavy atom. The molecule has 20 heavy (non-hydrogen) atoms. The van der Waals surface area contributed by atoms with Gasteiger partial charge in [-0.05, 0) is 37.8 Å². The van der Waals surface area contributed by atoms with Crippen LogP contribution >= 0.6 is 0 Å². The van der Waals surface area contributed by atoms with Gasteiger partial charge in [0.25, 0.3) is 0 Å². The van der Waals surface area contributed by atoms with Crippen molar-refractivity contribution < 1.29 is 9.66 Å². The lowest BCUT2D eigenvalue weighted by Gasteiger charge is -2.29. The molecule has 4 N–H and O–H groups in total. The molecule has 7 nitrogen and oxygen atoms in total. The summed E-state index contributed by atoms with van der Waals surface area (Å²) in [6.07, 6.45) is 1.94. The van der Waals surface area contributed by atoms with Crippen LogP contribution in [0.15, 0.2) is 18.2 Å². The van der Waals surface area contributed by atoms with Gasteiger partial charge in [0.05, 0.1) is 4.92 Å². The molecule has 1 saturated heterocycles. The first-order valence-electron chi connectivity index (χ1n) is 6.71. The van der Waals surface area contributed by atoms with E-state index in [0.717, 1.165) is 26.1 Å². The minimum Gasteiger partial charge on any atom is -0.381 e. The van der Waals surface area contributed by atoms with Crippen molar-refractivity contribution in [3.63, 3.8) is 0 Å². The number of benzene rings is 1. The molecule has 0 spiro atoms. The van der Waals surface area contributed by atoms with Gasteiger partial charge < -0.3 is 15.5 Å². The van der Waals surface area contributed by atoms with Gasteiger partial charge in [0, 0.05) is 19.3 Å². The van der Waals surface area contributed by atoms with Crippen LogP contribution in [0.5, 0.6) is 0 Å². The van der Waals surface area contributed by atoms with E-state index in [4.69, 9.17) is 10.6 Å². The Balaban J connectivity index is 2.17. The first-order chi connectivity index (χ1) is 9.63. The molecule has 1 heterocycles. The molecule has 1 aromatic carbocycles. The minimum absolute atomic E-state index is 0.0195. The molecule has 0 radical (unpaired) electrons. The van der Waals surface area contributed by atoms with Crippen LogP contribution in [0, 0.1) is 16.0 Å². The maximum Gasteiger partial charge on any atom is 0.316 e. The van der Waals surface area contributed by atoms with Gasteiger partial charge in [-0.25, -0.2) is 0 Å². The molecule has 1 aliphatic heterocycles. The lowest BCUT2D eigenvalue weighted by molar-refractivity contribution is -0.383. The number of hydrogen-bond acceptors (Lipinski definition) is 6. The summed E-state index contributed by atoms with van der Waals surface area (Å²) in [6.45, 7) is 3.55. The van der Waals surface area contributed by atoms with E-state index < -0.39 is 4.92 Å². The predicted octanol–water partition coefficient (Wildman–Crippen LogP) is 2.11. The van der Waals surface area contributed by atoms with Crippen LogP contribution in [0.4, 0.5) is 17.1 Å². The van der Waals surface area contributed by atoms with Gasteiger partial charge in [0.15, 0.2) is 0 Å². The van der Waals surface area contributed by atoms with Crippen LogP contribution in [-0.4, -0.2) is 24.2 Å². The van der Waals surface area contributed by atoms with Crippen LogP contribution in [0.25, 0.3) is 0 Å². The van der Waals surface area contributed by atoms with Gasteiger partial charge >= 0.3 is 5.69 Å². The van der Waals surface area contributed by atoms with Crippen molar-refractivity contribution >= 4 is 17.1 Å². The zero-order chi connectivity index (χ0) is 14.5. The number of anilines is 2. The summed E-state index contributed by atoms with van der Waals surface area (Å²) in [4.78, 5) is 10.8. The van der Waals surface area contributed by atoms with E-state index in [9.17, 15) is 10.1 Å². The number of nitrogens with two attached hydrogens (primary N) is 1. The van der Waals surface area contributed by atoms with Gasteiger partial charge in [-0.3, -0.25) is 16.0 Å². The third kappa shape index (κ3) is 3.17. The number of nitro groups is 1. The lowest BCUT2D eigenvalue weighted by atomic mass is 9.92. The van der Waals surface area contributed by atoms with Crippen LogP contribution in [0.2, 0.25) is 0 Å². The van der Waals surface area contributed by atoms with E-state index in [1.807, 2.05) is 6.92 Å². The summed E-state index contributed by atoms with van der Waals surface area (Å²) >= 11 is 0. The van der Waals surface area contributed by atoms with Gasteiger partial charge in [-0.15, -0.1) is 0 Å². The van der Waals surface area contributed by atoms with Crippen LogP contribution in [-0.2, 0) is 4.74 Å². The van der Waals surface area contributed by atoms with Gasteiger partial charge in [-0.2, -0.15) is 0 Å². The van der Waals surface area contributed by atoms with Crippen molar-refractivity contribution in [3.05, 3.63) is 28.3 Å². The maximum absolute atomic E-state index is 11.2. The summed E-state index contributed by atoms with van der Waals surface area (Å²) in [6, 6.07) is 5.17. The number of nitrogens with zero attached hydrogens (tertiary/aromatic N) is 1. The third-order valence-corrected chi connectivity index (χ3v) is 3.73. The summed E-state index contributed by atoms with van der Waals surface area (Å²) in [5.41, 5.74) is 3.14. The molecule has 0 aliphatic carbocycles. The standard InChI is InChI=1S/C13H20N4O3/c1-9(10-5-7-20-8-6-10)15-11-3-2-4-12(16-14)13(11)17(18)19/h2-4,9-10,15-16H,5-8,14H2,1H3. The molecule has 1 aliphatic rings. The van der Waals surface area contributed by atoms with Crippen molar-refractivity contribution in [3.8, 4) is 0 Å². The second-order valence-electron chi connectivity index (χ2n) is 4.99. The highest BCUT2D eigenvalue weighted by Crippen LogP contribution is 2.33. The number of nitrogen functional groups attached to an aromatic ring is 1. The molecule has 1 atom stereocenters. The molecule has 110 valence electrons. The Hall–Kier alpha value is -1.86. The summed E-state index contributed by atoms with van der Waals surface area (Å²) in [5.74, 6) is 5.79. The van der Waals surface area contributed by atoms with Crippen LogP contribution in [0.1, 0.15) is 19.8 Å². The summed E-state index contributed by atoms with van der Waals surface area (Å²) in [7, 11) is 0. The highest BCUT2D eigenvalue weighted by molar-refractivity contribution is 5.76. The van der Waals surface area contributed by atoms with E-state index in [1.165, 1.54) is 0 Å². The molecule has 0 aromatic heterocycles. The fourth-order valence-electron chi connectivity index (χ4n) is 2.55. The summed E-state index contributed by atoms with van der Waals surface area (Å²) < 4.78 is 5.34. The highest BCUT2D eigenvalue weighted by atomic mass is 16.6. The number of hydrazine groups is 1.